The van der Waals surface area contributed by atoms with Crippen molar-refractivity contribution >= 4 is 40.0 Å². The fourth-order valence-corrected chi connectivity index (χ4v) is 3.93. The van der Waals surface area contributed by atoms with E-state index in [1.165, 1.54) is 26.4 Å². The van der Waals surface area contributed by atoms with Gasteiger partial charge in [-0.3, -0.25) is 0 Å². The van der Waals surface area contributed by atoms with E-state index in [4.69, 9.17) is 10.5 Å². The molecule has 1 fully saturated rings. The first-order valence-electron chi connectivity index (χ1n) is 8.65. The van der Waals surface area contributed by atoms with Gasteiger partial charge < -0.3 is 15.8 Å². The molecule has 1 aliphatic rings. The second kappa shape index (κ2) is 11.7. The van der Waals surface area contributed by atoms with Crippen molar-refractivity contribution in [2.45, 2.75) is 49.6 Å². The van der Waals surface area contributed by atoms with Crippen LogP contribution in [-0.4, -0.2) is 40.7 Å². The van der Waals surface area contributed by atoms with Crippen LogP contribution in [0.4, 0.5) is 0 Å². The first-order valence-corrected chi connectivity index (χ1v) is 10.1. The Kier molecular flexibility index (Phi) is 10.4. The van der Waals surface area contributed by atoms with Crippen molar-refractivity contribution in [2.75, 3.05) is 20.3 Å². The molecule has 148 valence electrons. The maximum atomic E-state index is 12.2. The van der Waals surface area contributed by atoms with E-state index in [-0.39, 0.29) is 35.4 Å². The summed E-state index contributed by atoms with van der Waals surface area (Å²) in [6.45, 7) is 0.902. The Morgan fingerprint density at radius 3 is 2.73 bits per heavy atom. The summed E-state index contributed by atoms with van der Waals surface area (Å²) >= 11 is 0. The molecule has 1 aliphatic carbocycles. The van der Waals surface area contributed by atoms with Crippen LogP contribution in [0.5, 0.6) is 0 Å². The quantitative estimate of drug-likeness (QED) is 0.221. The molecule has 0 aliphatic heterocycles. The Bertz CT molecular complexity index is 676. The van der Waals surface area contributed by atoms with Crippen LogP contribution in [0.2, 0.25) is 0 Å². The molecule has 0 unspecified atom stereocenters. The average Bonchev–Trinajstić information content (AvgIpc) is 2.61. The minimum absolute atomic E-state index is 0. The first kappa shape index (κ1) is 23.1. The van der Waals surface area contributed by atoms with Gasteiger partial charge in [0.1, 0.15) is 0 Å². The molecule has 0 heterocycles. The molecule has 1 aromatic carbocycles. The van der Waals surface area contributed by atoms with E-state index in [9.17, 15) is 8.42 Å². The number of nitrogens with one attached hydrogen (secondary N) is 2. The Morgan fingerprint density at radius 2 is 2.04 bits per heavy atom. The van der Waals surface area contributed by atoms with E-state index in [2.05, 4.69) is 15.0 Å². The Labute approximate surface area is 173 Å². The van der Waals surface area contributed by atoms with Crippen molar-refractivity contribution < 1.29 is 13.2 Å². The lowest BCUT2D eigenvalue weighted by Crippen LogP contribution is -2.41. The summed E-state index contributed by atoms with van der Waals surface area (Å²) in [6, 6.07) is 7.12. The Morgan fingerprint density at radius 1 is 1.31 bits per heavy atom. The van der Waals surface area contributed by atoms with Gasteiger partial charge in [-0.1, -0.05) is 31.4 Å². The number of benzene rings is 1. The predicted molar refractivity (Wildman–Crippen MR) is 114 cm³/mol. The number of rotatable bonds is 8. The number of sulfonamides is 1. The third-order valence-corrected chi connectivity index (χ3v) is 5.65. The zero-order valence-corrected chi connectivity index (χ0v) is 18.3. The summed E-state index contributed by atoms with van der Waals surface area (Å²) in [5.41, 5.74) is 6.75. The summed E-state index contributed by atoms with van der Waals surface area (Å²) in [7, 11) is -2.02. The van der Waals surface area contributed by atoms with Crippen molar-refractivity contribution in [1.29, 1.82) is 0 Å². The van der Waals surface area contributed by atoms with Crippen LogP contribution in [0, 0.1) is 0 Å². The van der Waals surface area contributed by atoms with Crippen molar-refractivity contribution in [2.24, 2.45) is 10.7 Å². The molecule has 26 heavy (non-hydrogen) atoms. The standard InChI is InChI=1S/C17H28N4O3S.HI/c1-24-11-10-20-25(22,23)16-9-5-6-14(12-16)13-19-17(18)21-15-7-3-2-4-8-15;/h5-6,9,12,15,20H,2-4,7-8,10-11,13H2,1H3,(H3,18,19,21);1H. The van der Waals surface area contributed by atoms with Crippen LogP contribution in [0.15, 0.2) is 34.2 Å². The third-order valence-electron chi connectivity index (χ3n) is 4.20. The normalized spacial score (nSPS) is 16.1. The molecule has 0 aromatic heterocycles. The van der Waals surface area contributed by atoms with E-state index < -0.39 is 10.0 Å². The SMILES string of the molecule is COCCNS(=O)(=O)c1cccc(CN=C(N)NC2CCCCC2)c1.I. The smallest absolute Gasteiger partial charge is 0.240 e. The number of guanidine groups is 1. The predicted octanol–water partition coefficient (Wildman–Crippen LogP) is 1.97. The second-order valence-electron chi connectivity index (χ2n) is 6.22. The summed E-state index contributed by atoms with van der Waals surface area (Å²) in [5.74, 6) is 0.415. The van der Waals surface area contributed by atoms with Crippen LogP contribution in [0.25, 0.3) is 0 Å². The van der Waals surface area contributed by atoms with Crippen molar-refractivity contribution in [3.8, 4) is 0 Å². The number of ether oxygens (including phenoxy) is 1. The minimum atomic E-state index is -3.54. The summed E-state index contributed by atoms with van der Waals surface area (Å²) < 4.78 is 31.8. The zero-order valence-electron chi connectivity index (χ0n) is 15.1. The van der Waals surface area contributed by atoms with Gasteiger partial charge in [0.2, 0.25) is 10.0 Å². The lowest BCUT2D eigenvalue weighted by molar-refractivity contribution is 0.204. The fraction of sp³-hybridized carbons (Fsp3) is 0.588. The van der Waals surface area contributed by atoms with Crippen LogP contribution in [-0.2, 0) is 21.3 Å². The number of aliphatic imine (C=N–C) groups is 1. The molecule has 1 saturated carbocycles. The van der Waals surface area contributed by atoms with Gasteiger partial charge >= 0.3 is 0 Å². The maximum absolute atomic E-state index is 12.2. The Balaban J connectivity index is 0.00000338. The first-order chi connectivity index (χ1) is 12.0. The summed E-state index contributed by atoms with van der Waals surface area (Å²) in [5, 5.41) is 3.25. The highest BCUT2D eigenvalue weighted by Crippen LogP contribution is 2.17. The molecule has 9 heteroatoms. The average molecular weight is 496 g/mol. The van der Waals surface area contributed by atoms with E-state index >= 15 is 0 Å². The summed E-state index contributed by atoms with van der Waals surface area (Å²) in [4.78, 5) is 4.55. The number of methoxy groups -OCH3 is 1. The molecule has 0 radical (unpaired) electrons. The van der Waals surface area contributed by atoms with E-state index in [1.807, 2.05) is 6.07 Å². The van der Waals surface area contributed by atoms with Crippen molar-refractivity contribution in [3.05, 3.63) is 29.8 Å². The van der Waals surface area contributed by atoms with Gasteiger partial charge in [-0.2, -0.15) is 0 Å². The van der Waals surface area contributed by atoms with E-state index in [0.29, 0.717) is 25.2 Å². The second-order valence-corrected chi connectivity index (χ2v) is 7.99. The molecule has 7 nitrogen and oxygen atoms in total. The van der Waals surface area contributed by atoms with Crippen LogP contribution < -0.4 is 15.8 Å². The van der Waals surface area contributed by atoms with Gasteiger partial charge in [0.15, 0.2) is 5.96 Å². The number of hydrogen-bond donors (Lipinski definition) is 3. The highest BCUT2D eigenvalue weighted by Gasteiger charge is 2.14. The minimum Gasteiger partial charge on any atom is -0.383 e. The highest BCUT2D eigenvalue weighted by molar-refractivity contribution is 14.0. The molecule has 0 atom stereocenters. The molecular weight excluding hydrogens is 467 g/mol. The molecule has 0 spiro atoms. The zero-order chi connectivity index (χ0) is 18.1. The maximum Gasteiger partial charge on any atom is 0.240 e. The van der Waals surface area contributed by atoms with Gasteiger partial charge in [-0.05, 0) is 30.5 Å². The molecule has 0 bridgehead atoms. The highest BCUT2D eigenvalue weighted by atomic mass is 127. The third kappa shape index (κ3) is 7.77. The number of nitrogens with zero attached hydrogens (tertiary/aromatic N) is 1. The monoisotopic (exact) mass is 496 g/mol. The Hall–Kier alpha value is -0.910. The number of halogens is 1. The molecule has 4 N–H and O–H groups in total. The largest absolute Gasteiger partial charge is 0.383 e. The number of nitrogens with two attached hydrogens (primary N) is 1. The van der Waals surface area contributed by atoms with Gasteiger partial charge in [0.25, 0.3) is 0 Å². The summed E-state index contributed by atoms with van der Waals surface area (Å²) in [6.07, 6.45) is 5.98. The van der Waals surface area contributed by atoms with E-state index in [1.54, 1.807) is 18.2 Å². The number of hydrogen-bond acceptors (Lipinski definition) is 4. The van der Waals surface area contributed by atoms with Crippen molar-refractivity contribution in [3.63, 3.8) is 0 Å². The fourth-order valence-electron chi connectivity index (χ4n) is 2.85. The van der Waals surface area contributed by atoms with Crippen LogP contribution >= 0.6 is 24.0 Å². The van der Waals surface area contributed by atoms with Gasteiger partial charge in [0.05, 0.1) is 18.0 Å². The van der Waals surface area contributed by atoms with Gasteiger partial charge in [-0.25, -0.2) is 18.1 Å². The van der Waals surface area contributed by atoms with Gasteiger partial charge in [0, 0.05) is 19.7 Å². The molecular formula is C17H29IN4O3S. The molecule has 1 aromatic rings. The van der Waals surface area contributed by atoms with Crippen LogP contribution in [0.1, 0.15) is 37.7 Å². The van der Waals surface area contributed by atoms with E-state index in [0.717, 1.165) is 18.4 Å². The molecule has 0 amide bonds. The lowest BCUT2D eigenvalue weighted by Gasteiger charge is -2.23. The van der Waals surface area contributed by atoms with Crippen molar-refractivity contribution in [1.82, 2.24) is 10.0 Å². The van der Waals surface area contributed by atoms with Gasteiger partial charge in [-0.15, -0.1) is 24.0 Å². The lowest BCUT2D eigenvalue weighted by atomic mass is 9.96. The van der Waals surface area contributed by atoms with Crippen LogP contribution in [0.3, 0.4) is 0 Å². The molecule has 0 saturated heterocycles. The topological polar surface area (TPSA) is 106 Å². The molecule has 2 rings (SSSR count).